The lowest BCUT2D eigenvalue weighted by atomic mass is 9.97. The van der Waals surface area contributed by atoms with Gasteiger partial charge in [0.05, 0.1) is 22.1 Å². The highest BCUT2D eigenvalue weighted by atomic mass is 19.4. The highest BCUT2D eigenvalue weighted by Crippen LogP contribution is 2.37. The van der Waals surface area contributed by atoms with E-state index in [0.717, 1.165) is 0 Å². The number of amides is 2. The summed E-state index contributed by atoms with van der Waals surface area (Å²) in [5.41, 5.74) is -3.47. The minimum atomic E-state index is -4.87. The monoisotopic (exact) mass is 473 g/mol. The summed E-state index contributed by atoms with van der Waals surface area (Å²) in [6.07, 6.45) is -4.44. The van der Waals surface area contributed by atoms with E-state index in [1.54, 1.807) is 34.6 Å². The van der Waals surface area contributed by atoms with Gasteiger partial charge in [-0.25, -0.2) is 4.79 Å². The van der Waals surface area contributed by atoms with E-state index in [1.807, 2.05) is 0 Å². The van der Waals surface area contributed by atoms with Gasteiger partial charge in [0.2, 0.25) is 0 Å². The number of alkyl halides is 3. The van der Waals surface area contributed by atoms with Gasteiger partial charge in [-0.15, -0.1) is 0 Å². The molecule has 1 atom stereocenters. The van der Waals surface area contributed by atoms with E-state index < -0.39 is 57.6 Å². The second kappa shape index (κ2) is 9.56. The number of rotatable bonds is 4. The lowest BCUT2D eigenvalue weighted by Crippen LogP contribution is -2.54. The molecule has 1 aromatic carbocycles. The summed E-state index contributed by atoms with van der Waals surface area (Å²) in [7, 11) is 0. The normalized spacial score (nSPS) is 17.2. The number of benzene rings is 1. The molecule has 2 rings (SSSR count). The Morgan fingerprint density at radius 3 is 2.33 bits per heavy atom. The quantitative estimate of drug-likeness (QED) is 0.444. The van der Waals surface area contributed by atoms with Crippen molar-refractivity contribution < 1.29 is 32.4 Å². The van der Waals surface area contributed by atoms with Crippen LogP contribution in [0.3, 0.4) is 0 Å². The molecule has 11 heteroatoms. The van der Waals surface area contributed by atoms with Gasteiger partial charge in [-0.1, -0.05) is 0 Å². The Morgan fingerprint density at radius 2 is 1.85 bits per heavy atom. The van der Waals surface area contributed by atoms with Gasteiger partial charge in [0.25, 0.3) is 11.6 Å². The largest absolute Gasteiger partial charge is 0.444 e. The number of aryl methyl sites for hydroxylation is 1. The van der Waals surface area contributed by atoms with Gasteiger partial charge in [0, 0.05) is 30.8 Å². The molecule has 1 aliphatic rings. The van der Waals surface area contributed by atoms with Gasteiger partial charge in [0.15, 0.2) is 0 Å². The van der Waals surface area contributed by atoms with E-state index in [2.05, 4.69) is 0 Å². The third-order valence-electron chi connectivity index (χ3n) is 5.30. The molecule has 0 radical (unpaired) electrons. The van der Waals surface area contributed by atoms with E-state index in [-0.39, 0.29) is 12.1 Å². The van der Waals surface area contributed by atoms with Crippen LogP contribution in [0.15, 0.2) is 12.1 Å². The van der Waals surface area contributed by atoms with Crippen LogP contribution in [0.25, 0.3) is 0 Å². The molecule has 0 aliphatic carbocycles. The molecule has 0 unspecified atom stereocenters. The smallest absolute Gasteiger partial charge is 0.417 e. The van der Waals surface area contributed by atoms with E-state index in [1.165, 1.54) is 16.7 Å². The van der Waals surface area contributed by atoms with E-state index >= 15 is 0 Å². The first-order valence-corrected chi connectivity index (χ1v) is 10.7. The first-order valence-electron chi connectivity index (χ1n) is 10.7. The number of nitro groups is 1. The number of hydrogen-bond donors (Lipinski definition) is 0. The van der Waals surface area contributed by atoms with Gasteiger partial charge in [-0.3, -0.25) is 14.9 Å². The molecular formula is C22H30F3N3O5. The third kappa shape index (κ3) is 6.35. The number of nitrogens with zero attached hydrogens (tertiary/aromatic N) is 3. The van der Waals surface area contributed by atoms with Gasteiger partial charge < -0.3 is 14.5 Å². The number of ether oxygens (including phenoxy) is 1. The number of likely N-dealkylation sites (tertiary alicyclic amines) is 1. The zero-order valence-electron chi connectivity index (χ0n) is 19.7. The molecular weight excluding hydrogens is 443 g/mol. The van der Waals surface area contributed by atoms with Crippen molar-refractivity contribution in [2.75, 3.05) is 13.1 Å². The SMILES string of the molecule is Cc1cc(C(F)(F)F)c(C(=O)N(C(C)C)[C@@H]2CCCN(C(=O)OC(C)(C)C)C2)cc1[N+](=O)[O-]. The summed E-state index contributed by atoms with van der Waals surface area (Å²) in [4.78, 5) is 39.2. The fraction of sp³-hybridized carbons (Fsp3) is 0.636. The zero-order chi connectivity index (χ0) is 25.3. The average molecular weight is 473 g/mol. The summed E-state index contributed by atoms with van der Waals surface area (Å²) >= 11 is 0. The van der Waals surface area contributed by atoms with Gasteiger partial charge >= 0.3 is 12.3 Å². The van der Waals surface area contributed by atoms with Crippen LogP contribution in [0, 0.1) is 17.0 Å². The predicted octanol–water partition coefficient (Wildman–Crippen LogP) is 5.17. The number of halogens is 3. The maximum Gasteiger partial charge on any atom is 0.417 e. The highest BCUT2D eigenvalue weighted by Gasteiger charge is 2.41. The molecule has 0 aromatic heterocycles. The van der Waals surface area contributed by atoms with Crippen molar-refractivity contribution in [3.63, 3.8) is 0 Å². The Kier molecular flexibility index (Phi) is 7.65. The Bertz CT molecular complexity index is 925. The highest BCUT2D eigenvalue weighted by molar-refractivity contribution is 5.97. The summed E-state index contributed by atoms with van der Waals surface area (Å²) < 4.78 is 46.6. The number of carbonyl (C=O) groups excluding carboxylic acids is 2. The zero-order valence-corrected chi connectivity index (χ0v) is 19.7. The molecule has 0 N–H and O–H groups in total. The molecule has 8 nitrogen and oxygen atoms in total. The van der Waals surface area contributed by atoms with Crippen LogP contribution in [0.5, 0.6) is 0 Å². The molecule has 184 valence electrons. The van der Waals surface area contributed by atoms with Gasteiger partial charge in [0.1, 0.15) is 5.60 Å². The van der Waals surface area contributed by atoms with Crippen LogP contribution in [0.1, 0.15) is 68.9 Å². The van der Waals surface area contributed by atoms with Crippen LogP contribution in [-0.2, 0) is 10.9 Å². The molecule has 0 bridgehead atoms. The van der Waals surface area contributed by atoms with Crippen LogP contribution in [0.4, 0.5) is 23.7 Å². The summed E-state index contributed by atoms with van der Waals surface area (Å²) in [6.45, 7) is 10.2. The second-order valence-corrected chi connectivity index (χ2v) is 9.47. The lowest BCUT2D eigenvalue weighted by Gasteiger charge is -2.41. The molecule has 1 heterocycles. The van der Waals surface area contributed by atoms with Crippen molar-refractivity contribution in [2.45, 2.75) is 78.2 Å². The number of hydrogen-bond acceptors (Lipinski definition) is 5. The van der Waals surface area contributed by atoms with Crippen molar-refractivity contribution in [3.05, 3.63) is 38.9 Å². The van der Waals surface area contributed by atoms with E-state index in [9.17, 15) is 32.9 Å². The van der Waals surface area contributed by atoms with Crippen molar-refractivity contribution in [2.24, 2.45) is 0 Å². The van der Waals surface area contributed by atoms with Crippen LogP contribution in [0.2, 0.25) is 0 Å². The predicted molar refractivity (Wildman–Crippen MR) is 115 cm³/mol. The van der Waals surface area contributed by atoms with Gasteiger partial charge in [-0.05, 0) is 60.5 Å². The van der Waals surface area contributed by atoms with Gasteiger partial charge in [-0.2, -0.15) is 13.2 Å². The average Bonchev–Trinajstić information content (AvgIpc) is 2.65. The number of piperidine rings is 1. The van der Waals surface area contributed by atoms with Crippen molar-refractivity contribution >= 4 is 17.7 Å². The maximum atomic E-state index is 13.7. The lowest BCUT2D eigenvalue weighted by molar-refractivity contribution is -0.385. The Morgan fingerprint density at radius 1 is 1.24 bits per heavy atom. The van der Waals surface area contributed by atoms with Crippen molar-refractivity contribution in [3.8, 4) is 0 Å². The third-order valence-corrected chi connectivity index (χ3v) is 5.30. The molecule has 1 aliphatic heterocycles. The minimum Gasteiger partial charge on any atom is -0.444 e. The molecule has 1 aromatic rings. The molecule has 0 saturated carbocycles. The second-order valence-electron chi connectivity index (χ2n) is 9.47. The van der Waals surface area contributed by atoms with Crippen LogP contribution < -0.4 is 0 Å². The first-order chi connectivity index (χ1) is 15.0. The topological polar surface area (TPSA) is 93.0 Å². The standard InChI is InChI=1S/C22H30F3N3O5/c1-13(2)27(15-8-7-9-26(12-15)20(30)33-21(4,5)6)19(29)16-11-18(28(31)32)14(3)10-17(16)22(23,24)25/h10-11,13,15H,7-9,12H2,1-6H3/t15-/m1/s1. The summed E-state index contributed by atoms with van der Waals surface area (Å²) in [6, 6.07) is 0.255. The molecule has 1 saturated heterocycles. The van der Waals surface area contributed by atoms with Crippen molar-refractivity contribution in [1.82, 2.24) is 9.80 Å². The van der Waals surface area contributed by atoms with E-state index in [4.69, 9.17) is 4.74 Å². The molecule has 0 spiro atoms. The van der Waals surface area contributed by atoms with E-state index in [0.29, 0.717) is 31.5 Å². The molecule has 33 heavy (non-hydrogen) atoms. The van der Waals surface area contributed by atoms with Crippen LogP contribution >= 0.6 is 0 Å². The number of nitro benzene ring substituents is 1. The Balaban J connectivity index is 2.46. The first kappa shape index (κ1) is 26.4. The summed E-state index contributed by atoms with van der Waals surface area (Å²) in [5, 5.41) is 11.3. The minimum absolute atomic E-state index is 0.0914. The Hall–Kier alpha value is -2.85. The molecule has 2 amide bonds. The molecule has 1 fully saturated rings. The van der Waals surface area contributed by atoms with Crippen LogP contribution in [-0.4, -0.2) is 57.5 Å². The van der Waals surface area contributed by atoms with Crippen molar-refractivity contribution in [1.29, 1.82) is 0 Å². The number of carbonyl (C=O) groups is 2. The Labute approximate surface area is 190 Å². The summed E-state index contributed by atoms with van der Waals surface area (Å²) in [5.74, 6) is -0.962. The fourth-order valence-electron chi connectivity index (χ4n) is 3.94. The fourth-order valence-corrected chi connectivity index (χ4v) is 3.94. The maximum absolute atomic E-state index is 13.7.